The molecule has 1 aromatic heterocycles. The molecule has 0 atom stereocenters. The molecule has 0 bridgehead atoms. The molecule has 0 saturated carbocycles. The predicted molar refractivity (Wildman–Crippen MR) is 106 cm³/mol. The molecule has 3 rings (SSSR count). The predicted octanol–water partition coefficient (Wildman–Crippen LogP) is 1.50. The molecule has 1 fully saturated rings. The maximum Gasteiger partial charge on any atom is 0.240 e. The highest BCUT2D eigenvalue weighted by Gasteiger charge is 2.27. The van der Waals surface area contributed by atoms with Gasteiger partial charge in [-0.1, -0.05) is 18.2 Å². The lowest BCUT2D eigenvalue weighted by Gasteiger charge is -2.31. The number of nitrogens with one attached hydrogen (secondary N) is 2. The molecule has 8 nitrogen and oxygen atoms in total. The van der Waals surface area contributed by atoms with E-state index in [1.165, 1.54) is 12.1 Å². The summed E-state index contributed by atoms with van der Waals surface area (Å²) in [6.45, 7) is 1.37. The maximum absolute atomic E-state index is 12.4. The van der Waals surface area contributed by atoms with Gasteiger partial charge in [0.1, 0.15) is 5.76 Å². The Morgan fingerprint density at radius 1 is 1.07 bits per heavy atom. The van der Waals surface area contributed by atoms with E-state index in [1.807, 2.05) is 0 Å². The number of benzene rings is 1. The summed E-state index contributed by atoms with van der Waals surface area (Å²) < 4.78 is 32.0. The minimum absolute atomic E-state index is 0.0379. The van der Waals surface area contributed by atoms with Crippen LogP contribution in [-0.4, -0.2) is 44.8 Å². The largest absolute Gasteiger partial charge is 0.467 e. The summed E-state index contributed by atoms with van der Waals surface area (Å²) in [5.74, 6) is 0.411. The van der Waals surface area contributed by atoms with Crippen LogP contribution in [0.3, 0.4) is 0 Å². The Morgan fingerprint density at radius 2 is 1.79 bits per heavy atom. The molecule has 1 aliphatic rings. The van der Waals surface area contributed by atoms with Crippen LogP contribution in [0, 0.1) is 5.92 Å². The van der Waals surface area contributed by atoms with Gasteiger partial charge in [-0.3, -0.25) is 9.59 Å². The molecule has 29 heavy (non-hydrogen) atoms. The smallest absolute Gasteiger partial charge is 0.240 e. The van der Waals surface area contributed by atoms with Gasteiger partial charge in [0.15, 0.2) is 0 Å². The standard InChI is InChI=1S/C20H25N3O5S/c24-19(8-11-22-29(26,27)18-6-2-1-3-7-18)23-12-9-16(10-13-23)20(25)21-15-17-5-4-14-28-17/h1-7,14,16,22H,8-13,15H2,(H,21,25). The molecule has 2 amide bonds. The van der Waals surface area contributed by atoms with Gasteiger partial charge in [0, 0.05) is 32.0 Å². The topological polar surface area (TPSA) is 109 Å². The van der Waals surface area contributed by atoms with E-state index >= 15 is 0 Å². The van der Waals surface area contributed by atoms with Gasteiger partial charge in [0.05, 0.1) is 17.7 Å². The number of rotatable bonds is 8. The number of amides is 2. The fourth-order valence-electron chi connectivity index (χ4n) is 3.26. The van der Waals surface area contributed by atoms with E-state index in [0.29, 0.717) is 38.2 Å². The van der Waals surface area contributed by atoms with E-state index in [1.54, 1.807) is 41.5 Å². The number of carbonyl (C=O) groups is 2. The first-order valence-corrected chi connectivity index (χ1v) is 11.1. The first kappa shape index (κ1) is 21.1. The van der Waals surface area contributed by atoms with Crippen molar-refractivity contribution in [1.82, 2.24) is 14.9 Å². The monoisotopic (exact) mass is 419 g/mol. The van der Waals surface area contributed by atoms with Gasteiger partial charge in [0.2, 0.25) is 21.8 Å². The number of piperidine rings is 1. The van der Waals surface area contributed by atoms with Gasteiger partial charge in [-0.15, -0.1) is 0 Å². The van der Waals surface area contributed by atoms with Gasteiger partial charge in [-0.2, -0.15) is 0 Å². The third-order valence-corrected chi connectivity index (χ3v) is 6.40. The van der Waals surface area contributed by atoms with E-state index < -0.39 is 10.0 Å². The van der Waals surface area contributed by atoms with Crippen LogP contribution in [0.5, 0.6) is 0 Å². The zero-order valence-corrected chi connectivity index (χ0v) is 16.9. The number of hydrogen-bond donors (Lipinski definition) is 2. The maximum atomic E-state index is 12.4. The van der Waals surface area contributed by atoms with E-state index in [9.17, 15) is 18.0 Å². The second kappa shape index (κ2) is 9.71. The van der Waals surface area contributed by atoms with Crippen LogP contribution in [0.15, 0.2) is 58.0 Å². The van der Waals surface area contributed by atoms with Crippen molar-refractivity contribution in [3.05, 3.63) is 54.5 Å². The molecule has 2 heterocycles. The number of nitrogens with zero attached hydrogens (tertiary/aromatic N) is 1. The molecule has 1 aliphatic heterocycles. The Balaban J connectivity index is 1.38. The number of furan rings is 1. The van der Waals surface area contributed by atoms with Gasteiger partial charge in [0.25, 0.3) is 0 Å². The third-order valence-electron chi connectivity index (χ3n) is 4.92. The van der Waals surface area contributed by atoms with Gasteiger partial charge >= 0.3 is 0 Å². The molecule has 0 spiro atoms. The average molecular weight is 420 g/mol. The van der Waals surface area contributed by atoms with Gasteiger partial charge in [-0.25, -0.2) is 13.1 Å². The summed E-state index contributed by atoms with van der Waals surface area (Å²) in [6.07, 6.45) is 2.82. The van der Waals surface area contributed by atoms with E-state index in [-0.39, 0.29) is 35.6 Å². The van der Waals surface area contributed by atoms with Crippen LogP contribution in [0.2, 0.25) is 0 Å². The second-order valence-corrected chi connectivity index (χ2v) is 8.68. The van der Waals surface area contributed by atoms with Crippen molar-refractivity contribution in [3.63, 3.8) is 0 Å². The molecule has 1 saturated heterocycles. The Labute approximate surface area is 170 Å². The summed E-state index contributed by atoms with van der Waals surface area (Å²) in [5, 5.41) is 2.85. The van der Waals surface area contributed by atoms with Crippen LogP contribution in [0.1, 0.15) is 25.0 Å². The number of hydrogen-bond acceptors (Lipinski definition) is 5. The van der Waals surface area contributed by atoms with E-state index in [2.05, 4.69) is 10.0 Å². The molecule has 9 heteroatoms. The highest BCUT2D eigenvalue weighted by molar-refractivity contribution is 7.89. The van der Waals surface area contributed by atoms with Gasteiger partial charge < -0.3 is 14.6 Å². The number of sulfonamides is 1. The number of likely N-dealkylation sites (tertiary alicyclic amines) is 1. The molecule has 0 radical (unpaired) electrons. The minimum atomic E-state index is -3.61. The first-order chi connectivity index (χ1) is 14.0. The fourth-order valence-corrected chi connectivity index (χ4v) is 4.31. The van der Waals surface area contributed by atoms with Crippen LogP contribution < -0.4 is 10.0 Å². The third kappa shape index (κ3) is 5.91. The Morgan fingerprint density at radius 3 is 2.45 bits per heavy atom. The summed E-state index contributed by atoms with van der Waals surface area (Å²) in [4.78, 5) is 26.5. The van der Waals surface area contributed by atoms with Crippen molar-refractivity contribution in [2.45, 2.75) is 30.7 Å². The number of carbonyl (C=O) groups excluding carboxylic acids is 2. The molecular weight excluding hydrogens is 394 g/mol. The molecule has 2 aromatic rings. The molecule has 1 aromatic carbocycles. The van der Waals surface area contributed by atoms with Crippen LogP contribution in [0.4, 0.5) is 0 Å². The van der Waals surface area contributed by atoms with Crippen molar-refractivity contribution >= 4 is 21.8 Å². The van der Waals surface area contributed by atoms with Crippen molar-refractivity contribution in [1.29, 1.82) is 0 Å². The van der Waals surface area contributed by atoms with Crippen molar-refractivity contribution in [2.24, 2.45) is 5.92 Å². The Bertz CT molecular complexity index is 905. The SMILES string of the molecule is O=C(NCc1ccco1)C1CCN(C(=O)CCNS(=O)(=O)c2ccccc2)CC1. The summed E-state index contributed by atoms with van der Waals surface area (Å²) in [5.41, 5.74) is 0. The molecular formula is C20H25N3O5S. The molecule has 0 aliphatic carbocycles. The molecule has 156 valence electrons. The van der Waals surface area contributed by atoms with Gasteiger partial charge in [-0.05, 0) is 37.1 Å². The minimum Gasteiger partial charge on any atom is -0.467 e. The second-order valence-electron chi connectivity index (χ2n) is 6.91. The zero-order chi connectivity index (χ0) is 20.7. The van der Waals surface area contributed by atoms with Crippen molar-refractivity contribution in [2.75, 3.05) is 19.6 Å². The first-order valence-electron chi connectivity index (χ1n) is 9.58. The normalized spacial score (nSPS) is 15.2. The molecule has 2 N–H and O–H groups in total. The molecule has 0 unspecified atom stereocenters. The lowest BCUT2D eigenvalue weighted by atomic mass is 9.95. The lowest BCUT2D eigenvalue weighted by Crippen LogP contribution is -2.43. The van der Waals surface area contributed by atoms with Crippen LogP contribution >= 0.6 is 0 Å². The zero-order valence-electron chi connectivity index (χ0n) is 16.0. The summed E-state index contributed by atoms with van der Waals surface area (Å²) >= 11 is 0. The van der Waals surface area contributed by atoms with Crippen LogP contribution in [-0.2, 0) is 26.2 Å². The average Bonchev–Trinajstić information content (AvgIpc) is 3.26. The van der Waals surface area contributed by atoms with Crippen molar-refractivity contribution in [3.8, 4) is 0 Å². The summed E-state index contributed by atoms with van der Waals surface area (Å²) in [6, 6.07) is 11.6. The Kier molecular flexibility index (Phi) is 7.05. The Hall–Kier alpha value is -2.65. The quantitative estimate of drug-likeness (QED) is 0.674. The highest BCUT2D eigenvalue weighted by Crippen LogP contribution is 2.18. The van der Waals surface area contributed by atoms with Crippen LogP contribution in [0.25, 0.3) is 0 Å². The van der Waals surface area contributed by atoms with Crippen molar-refractivity contribution < 1.29 is 22.4 Å². The van der Waals surface area contributed by atoms with E-state index in [0.717, 1.165) is 0 Å². The highest BCUT2D eigenvalue weighted by atomic mass is 32.2. The fraction of sp³-hybridized carbons (Fsp3) is 0.400. The lowest BCUT2D eigenvalue weighted by molar-refractivity contribution is -0.135. The van der Waals surface area contributed by atoms with E-state index in [4.69, 9.17) is 4.42 Å². The summed E-state index contributed by atoms with van der Waals surface area (Å²) in [7, 11) is -3.61.